The highest BCUT2D eigenvalue weighted by Crippen LogP contribution is 2.31. The normalized spacial score (nSPS) is 13.0. The van der Waals surface area contributed by atoms with Crippen LogP contribution in [0.1, 0.15) is 46.3 Å². The lowest BCUT2D eigenvalue weighted by Gasteiger charge is -2.23. The first kappa shape index (κ1) is 22.2. The smallest absolute Gasteiger partial charge is 0.306 e. The van der Waals surface area contributed by atoms with Gasteiger partial charge < -0.3 is 4.74 Å². The zero-order chi connectivity index (χ0) is 22.1. The van der Waals surface area contributed by atoms with Crippen LogP contribution in [-0.2, 0) is 9.53 Å². The Kier molecular flexibility index (Phi) is 7.94. The molecule has 3 nitrogen and oxygen atoms in total. The number of Topliss-reactive ketones (excluding diaryl/α,β-unsaturated/α-hetero) is 1. The monoisotopic (exact) mass is 412 g/mol. The molecule has 3 aromatic rings. The van der Waals surface area contributed by atoms with Crippen LogP contribution in [-0.4, -0.2) is 18.4 Å². The largest absolute Gasteiger partial charge is 0.461 e. The summed E-state index contributed by atoms with van der Waals surface area (Å²) in [4.78, 5) is 25.7. The first-order valence-corrected chi connectivity index (χ1v) is 10.6. The fourth-order valence-corrected chi connectivity index (χ4v) is 3.57. The number of benzene rings is 3. The van der Waals surface area contributed by atoms with Crippen LogP contribution in [0.15, 0.2) is 91.0 Å². The molecule has 0 aromatic heterocycles. The molecule has 0 aliphatic heterocycles. The van der Waals surface area contributed by atoms with Gasteiger partial charge in [0.15, 0.2) is 5.78 Å². The van der Waals surface area contributed by atoms with Gasteiger partial charge in [-0.15, -0.1) is 0 Å². The van der Waals surface area contributed by atoms with Crippen molar-refractivity contribution in [2.75, 3.05) is 6.61 Å². The van der Waals surface area contributed by atoms with Gasteiger partial charge in [0.25, 0.3) is 0 Å². The number of esters is 1. The van der Waals surface area contributed by atoms with Gasteiger partial charge >= 0.3 is 5.97 Å². The van der Waals surface area contributed by atoms with Crippen molar-refractivity contribution in [2.45, 2.75) is 26.2 Å². The third-order valence-electron chi connectivity index (χ3n) is 5.42. The zero-order valence-corrected chi connectivity index (χ0v) is 18.0. The lowest BCUT2D eigenvalue weighted by atomic mass is 9.80. The Hall–Kier alpha value is -3.46. The highest BCUT2D eigenvalue weighted by atomic mass is 16.5. The summed E-state index contributed by atoms with van der Waals surface area (Å²) >= 11 is 0. The number of ether oxygens (including phenoxy) is 1. The minimum atomic E-state index is -0.350. The van der Waals surface area contributed by atoms with E-state index in [0.29, 0.717) is 5.56 Å². The van der Waals surface area contributed by atoms with E-state index in [0.717, 1.165) is 16.7 Å². The second-order valence-corrected chi connectivity index (χ2v) is 7.74. The van der Waals surface area contributed by atoms with Crippen molar-refractivity contribution in [3.05, 3.63) is 113 Å². The Morgan fingerprint density at radius 2 is 1.48 bits per heavy atom. The van der Waals surface area contributed by atoms with Gasteiger partial charge in [-0.3, -0.25) is 9.59 Å². The molecule has 3 heteroatoms. The van der Waals surface area contributed by atoms with E-state index in [1.807, 2.05) is 111 Å². The predicted molar refractivity (Wildman–Crippen MR) is 125 cm³/mol. The second-order valence-electron chi connectivity index (χ2n) is 7.74. The van der Waals surface area contributed by atoms with Crippen molar-refractivity contribution >= 4 is 17.8 Å². The molecule has 0 heterocycles. The average molecular weight is 413 g/mol. The van der Waals surface area contributed by atoms with Gasteiger partial charge in [-0.2, -0.15) is 0 Å². The Labute approximate surface area is 184 Å². The molecule has 0 amide bonds. The van der Waals surface area contributed by atoms with Crippen molar-refractivity contribution in [1.82, 2.24) is 0 Å². The van der Waals surface area contributed by atoms with Crippen LogP contribution in [0.25, 0.3) is 6.08 Å². The summed E-state index contributed by atoms with van der Waals surface area (Å²) < 4.78 is 5.43. The molecule has 0 fully saturated rings. The summed E-state index contributed by atoms with van der Waals surface area (Å²) in [5.74, 6) is -0.876. The van der Waals surface area contributed by atoms with Gasteiger partial charge in [-0.25, -0.2) is 0 Å². The van der Waals surface area contributed by atoms with Crippen molar-refractivity contribution in [1.29, 1.82) is 0 Å². The number of carbonyl (C=O) groups excluding carboxylic acids is 2. The molecule has 0 spiro atoms. The van der Waals surface area contributed by atoms with E-state index in [1.54, 1.807) is 0 Å². The summed E-state index contributed by atoms with van der Waals surface area (Å²) in [6.07, 6.45) is 3.90. The first-order valence-electron chi connectivity index (χ1n) is 10.6. The maximum absolute atomic E-state index is 13.1. The maximum atomic E-state index is 13.1. The van der Waals surface area contributed by atoms with Gasteiger partial charge in [-0.1, -0.05) is 103 Å². The van der Waals surface area contributed by atoms with Crippen LogP contribution in [0, 0.1) is 12.8 Å². The predicted octanol–water partition coefficient (Wildman–Crippen LogP) is 6.24. The lowest BCUT2D eigenvalue weighted by molar-refractivity contribution is -0.143. The van der Waals surface area contributed by atoms with Crippen molar-refractivity contribution in [3.63, 3.8) is 0 Å². The second kappa shape index (κ2) is 11.1. The maximum Gasteiger partial charge on any atom is 0.306 e. The van der Waals surface area contributed by atoms with Gasteiger partial charge in [0.05, 0.1) is 6.42 Å². The first-order chi connectivity index (χ1) is 15.0. The van der Waals surface area contributed by atoms with Gasteiger partial charge in [0, 0.05) is 17.4 Å². The molecular formula is C28H28O3. The third kappa shape index (κ3) is 6.51. The molecule has 3 rings (SSSR count). The van der Waals surface area contributed by atoms with Crippen LogP contribution < -0.4 is 0 Å². The molecule has 31 heavy (non-hydrogen) atoms. The van der Waals surface area contributed by atoms with E-state index in [2.05, 4.69) is 0 Å². The van der Waals surface area contributed by atoms with Gasteiger partial charge in [0.2, 0.25) is 0 Å². The Morgan fingerprint density at radius 3 is 2.13 bits per heavy atom. The summed E-state index contributed by atoms with van der Waals surface area (Å²) in [6.45, 7) is 4.09. The van der Waals surface area contributed by atoms with Crippen LogP contribution >= 0.6 is 0 Å². The molecule has 0 saturated heterocycles. The fourth-order valence-electron chi connectivity index (χ4n) is 3.57. The SMILES string of the molecule is Cc1ccc(C(=O)C(C)C(CC(=O)OCC=Cc2ccccc2)c2ccccc2)cc1. The molecule has 0 aliphatic rings. The van der Waals surface area contributed by atoms with E-state index >= 15 is 0 Å². The van der Waals surface area contributed by atoms with Crippen molar-refractivity contribution in [2.24, 2.45) is 5.92 Å². The van der Waals surface area contributed by atoms with E-state index in [9.17, 15) is 9.59 Å². The average Bonchev–Trinajstić information content (AvgIpc) is 2.81. The Morgan fingerprint density at radius 1 is 0.871 bits per heavy atom. The lowest BCUT2D eigenvalue weighted by Crippen LogP contribution is -2.23. The molecule has 0 saturated carbocycles. The van der Waals surface area contributed by atoms with Crippen LogP contribution in [0.3, 0.4) is 0 Å². The van der Waals surface area contributed by atoms with Crippen LogP contribution in [0.5, 0.6) is 0 Å². The van der Waals surface area contributed by atoms with Gasteiger partial charge in [0.1, 0.15) is 6.61 Å². The molecule has 0 bridgehead atoms. The molecular weight excluding hydrogens is 384 g/mol. The molecule has 3 aromatic carbocycles. The summed E-state index contributed by atoms with van der Waals surface area (Å²) in [6, 6.07) is 27.1. The molecule has 0 radical (unpaired) electrons. The molecule has 0 N–H and O–H groups in total. The zero-order valence-electron chi connectivity index (χ0n) is 18.0. The molecule has 2 unspecified atom stereocenters. The highest BCUT2D eigenvalue weighted by Gasteiger charge is 2.28. The van der Waals surface area contributed by atoms with Crippen LogP contribution in [0.4, 0.5) is 0 Å². The minimum absolute atomic E-state index is 0.0330. The molecule has 2 atom stereocenters. The van der Waals surface area contributed by atoms with E-state index in [-0.39, 0.29) is 36.6 Å². The van der Waals surface area contributed by atoms with E-state index < -0.39 is 0 Å². The standard InChI is InChI=1S/C28H28O3/c1-21-15-17-25(18-16-21)28(30)22(2)26(24-13-7-4-8-14-24)20-27(29)31-19-9-12-23-10-5-3-6-11-23/h3-18,22,26H,19-20H2,1-2H3. The summed E-state index contributed by atoms with van der Waals surface area (Å²) in [5, 5.41) is 0. The molecule has 158 valence electrons. The van der Waals surface area contributed by atoms with E-state index in [1.165, 1.54) is 0 Å². The van der Waals surface area contributed by atoms with Crippen LogP contribution in [0.2, 0.25) is 0 Å². The van der Waals surface area contributed by atoms with Crippen molar-refractivity contribution < 1.29 is 14.3 Å². The Bertz CT molecular complexity index is 1010. The number of hydrogen-bond donors (Lipinski definition) is 0. The number of carbonyl (C=O) groups is 2. The summed E-state index contributed by atoms with van der Waals surface area (Å²) in [5.41, 5.74) is 3.79. The number of ketones is 1. The third-order valence-corrected chi connectivity index (χ3v) is 5.42. The number of hydrogen-bond acceptors (Lipinski definition) is 3. The quantitative estimate of drug-likeness (QED) is 0.308. The van der Waals surface area contributed by atoms with E-state index in [4.69, 9.17) is 4.74 Å². The summed E-state index contributed by atoms with van der Waals surface area (Å²) in [7, 11) is 0. The highest BCUT2D eigenvalue weighted by molar-refractivity contribution is 5.98. The molecule has 0 aliphatic carbocycles. The Balaban J connectivity index is 1.67. The number of rotatable bonds is 9. The van der Waals surface area contributed by atoms with Gasteiger partial charge in [-0.05, 0) is 24.1 Å². The van der Waals surface area contributed by atoms with Crippen molar-refractivity contribution in [3.8, 4) is 0 Å². The topological polar surface area (TPSA) is 43.4 Å². The fraction of sp³-hybridized carbons (Fsp3) is 0.214. The minimum Gasteiger partial charge on any atom is -0.461 e. The number of aryl methyl sites for hydroxylation is 1.